The largest absolute Gasteiger partial charge is 0.416 e. The summed E-state index contributed by atoms with van der Waals surface area (Å²) in [6.07, 6.45) is -2.00. The molecule has 0 aliphatic rings. The first kappa shape index (κ1) is 16.4. The van der Waals surface area contributed by atoms with Crippen LogP contribution in [0.15, 0.2) is 36.7 Å². The lowest BCUT2D eigenvalue weighted by atomic mass is 10.1. The van der Waals surface area contributed by atoms with Crippen molar-refractivity contribution in [1.29, 1.82) is 0 Å². The number of aromatic nitrogens is 3. The molecule has 0 aliphatic heterocycles. The third-order valence-corrected chi connectivity index (χ3v) is 3.37. The Hall–Kier alpha value is -3.50. The van der Waals surface area contributed by atoms with Gasteiger partial charge in [-0.15, -0.1) is 0 Å². The fourth-order valence-electron chi connectivity index (χ4n) is 2.20. The van der Waals surface area contributed by atoms with E-state index in [0.29, 0.717) is 23.2 Å². The van der Waals surface area contributed by atoms with Crippen LogP contribution < -0.4 is 5.32 Å². The van der Waals surface area contributed by atoms with Crippen molar-refractivity contribution in [1.82, 2.24) is 15.2 Å². The van der Waals surface area contributed by atoms with Crippen LogP contribution in [-0.2, 0) is 6.18 Å². The van der Waals surface area contributed by atoms with Gasteiger partial charge < -0.3 is 5.32 Å². The number of carbonyl (C=O) groups is 1. The fraction of sp³-hybridized carbons (Fsp3) is 0.0714. The molecule has 1 aromatic carbocycles. The van der Waals surface area contributed by atoms with E-state index in [-0.39, 0.29) is 5.69 Å². The first-order valence-corrected chi connectivity index (χ1v) is 6.72. The Balaban J connectivity index is 1.99. The molecule has 0 saturated heterocycles. The molecule has 0 radical (unpaired) electrons. The highest BCUT2D eigenvalue weighted by Gasteiger charge is 2.34. The van der Waals surface area contributed by atoms with Gasteiger partial charge in [-0.2, -0.15) is 18.3 Å². The van der Waals surface area contributed by atoms with E-state index in [2.05, 4.69) is 20.5 Å². The minimum atomic E-state index is -4.76. The summed E-state index contributed by atoms with van der Waals surface area (Å²) in [5, 5.41) is 20.3. The molecule has 1 amide bonds. The number of H-pyrrole nitrogens is 1. The average Bonchev–Trinajstić information content (AvgIpc) is 3.03. The van der Waals surface area contributed by atoms with Crippen molar-refractivity contribution < 1.29 is 22.9 Å². The number of amides is 1. The molecule has 3 aromatic rings. The lowest BCUT2D eigenvalue weighted by molar-refractivity contribution is -0.385. The van der Waals surface area contributed by atoms with Gasteiger partial charge in [0.05, 0.1) is 27.8 Å². The lowest BCUT2D eigenvalue weighted by Crippen LogP contribution is -2.15. The minimum absolute atomic E-state index is 0.262. The maximum atomic E-state index is 12.7. The smallest absolute Gasteiger partial charge is 0.321 e. The number of anilines is 1. The molecule has 2 N–H and O–H groups in total. The first-order chi connectivity index (χ1) is 11.8. The van der Waals surface area contributed by atoms with Crippen molar-refractivity contribution >= 4 is 28.3 Å². The highest BCUT2D eigenvalue weighted by Crippen LogP contribution is 2.33. The summed E-state index contributed by atoms with van der Waals surface area (Å²) < 4.78 is 38.1. The third-order valence-electron chi connectivity index (χ3n) is 3.37. The third kappa shape index (κ3) is 3.11. The van der Waals surface area contributed by atoms with E-state index in [4.69, 9.17) is 0 Å². The zero-order chi connectivity index (χ0) is 18.2. The Labute approximate surface area is 136 Å². The Bertz CT molecular complexity index is 983. The van der Waals surface area contributed by atoms with Gasteiger partial charge in [0.25, 0.3) is 11.6 Å². The number of nitrogens with one attached hydrogen (secondary N) is 2. The van der Waals surface area contributed by atoms with Crippen LogP contribution in [0.25, 0.3) is 11.0 Å². The van der Waals surface area contributed by atoms with Crippen LogP contribution in [0.1, 0.15) is 15.9 Å². The number of pyridine rings is 1. The topological polar surface area (TPSA) is 114 Å². The number of halogens is 3. The zero-order valence-electron chi connectivity index (χ0n) is 12.2. The van der Waals surface area contributed by atoms with Gasteiger partial charge in [-0.25, -0.2) is 4.98 Å². The maximum absolute atomic E-state index is 12.7. The van der Waals surface area contributed by atoms with E-state index in [1.54, 1.807) is 0 Å². The van der Waals surface area contributed by atoms with Crippen molar-refractivity contribution in [3.63, 3.8) is 0 Å². The number of nitro groups is 1. The lowest BCUT2D eigenvalue weighted by Gasteiger charge is -2.09. The van der Waals surface area contributed by atoms with Gasteiger partial charge in [-0.1, -0.05) is 0 Å². The van der Waals surface area contributed by atoms with Crippen LogP contribution in [0, 0.1) is 10.1 Å². The van der Waals surface area contributed by atoms with Crippen LogP contribution in [-0.4, -0.2) is 26.0 Å². The summed E-state index contributed by atoms with van der Waals surface area (Å²) >= 11 is 0. The second kappa shape index (κ2) is 5.85. The molecule has 8 nitrogen and oxygen atoms in total. The van der Waals surface area contributed by atoms with Gasteiger partial charge in [-0.05, 0) is 18.2 Å². The molecule has 25 heavy (non-hydrogen) atoms. The van der Waals surface area contributed by atoms with Crippen LogP contribution >= 0.6 is 0 Å². The van der Waals surface area contributed by atoms with Gasteiger partial charge in [0, 0.05) is 12.3 Å². The zero-order valence-corrected chi connectivity index (χ0v) is 12.2. The van der Waals surface area contributed by atoms with Crippen molar-refractivity contribution in [2.75, 3.05) is 5.32 Å². The molecule has 0 atom stereocenters. The van der Waals surface area contributed by atoms with Crippen molar-refractivity contribution in [2.24, 2.45) is 0 Å². The molecule has 0 fully saturated rings. The molecular weight excluding hydrogens is 343 g/mol. The monoisotopic (exact) mass is 351 g/mol. The van der Waals surface area contributed by atoms with E-state index in [1.165, 1.54) is 18.5 Å². The Morgan fingerprint density at radius 3 is 2.72 bits per heavy atom. The van der Waals surface area contributed by atoms with Crippen molar-refractivity contribution in [2.45, 2.75) is 6.18 Å². The van der Waals surface area contributed by atoms with Crippen LogP contribution in [0.4, 0.5) is 24.5 Å². The number of carbonyl (C=O) groups excluding carboxylic acids is 1. The molecule has 3 rings (SSSR count). The number of hydrogen-bond acceptors (Lipinski definition) is 5. The second-order valence-electron chi connectivity index (χ2n) is 4.93. The molecule has 0 saturated carbocycles. The summed E-state index contributed by atoms with van der Waals surface area (Å²) in [4.78, 5) is 26.3. The SMILES string of the molecule is O=C(Nc1ccnc2[nH]ncc12)c1ccc(C(F)(F)F)cc1[N+](=O)[O-]. The van der Waals surface area contributed by atoms with Crippen molar-refractivity contribution in [3.8, 4) is 0 Å². The van der Waals surface area contributed by atoms with E-state index in [0.717, 1.165) is 6.07 Å². The summed E-state index contributed by atoms with van der Waals surface area (Å²) in [6, 6.07) is 3.15. The predicted octanol–water partition coefficient (Wildman–Crippen LogP) is 3.14. The molecule has 0 spiro atoms. The molecule has 2 aromatic heterocycles. The number of benzene rings is 1. The number of hydrogen-bond donors (Lipinski definition) is 2. The van der Waals surface area contributed by atoms with Crippen LogP contribution in [0.3, 0.4) is 0 Å². The number of fused-ring (bicyclic) bond motifs is 1. The maximum Gasteiger partial charge on any atom is 0.416 e. The minimum Gasteiger partial charge on any atom is -0.321 e. The van der Waals surface area contributed by atoms with Gasteiger partial charge in [0.2, 0.25) is 0 Å². The summed E-state index contributed by atoms with van der Waals surface area (Å²) in [7, 11) is 0. The second-order valence-corrected chi connectivity index (χ2v) is 4.93. The number of rotatable bonds is 3. The van der Waals surface area contributed by atoms with E-state index < -0.39 is 33.8 Å². The van der Waals surface area contributed by atoms with Crippen LogP contribution in [0.5, 0.6) is 0 Å². The van der Waals surface area contributed by atoms with Gasteiger partial charge >= 0.3 is 6.18 Å². The summed E-state index contributed by atoms with van der Waals surface area (Å²) in [5.74, 6) is -0.922. The fourth-order valence-corrected chi connectivity index (χ4v) is 2.20. The number of nitro benzene ring substituents is 1. The van der Waals surface area contributed by atoms with Crippen molar-refractivity contribution in [3.05, 3.63) is 57.9 Å². The highest BCUT2D eigenvalue weighted by molar-refractivity contribution is 6.10. The molecule has 0 bridgehead atoms. The standard InChI is InChI=1S/C14H8F3N5O3/c15-14(16,17)7-1-2-8(11(5-7)22(24)25)13(23)20-10-3-4-18-12-9(10)6-19-21-12/h1-6H,(H2,18,19,20,21,23). The van der Waals surface area contributed by atoms with E-state index >= 15 is 0 Å². The molecule has 11 heteroatoms. The average molecular weight is 351 g/mol. The Kier molecular flexibility index (Phi) is 3.83. The van der Waals surface area contributed by atoms with Gasteiger partial charge in [-0.3, -0.25) is 20.0 Å². The Morgan fingerprint density at radius 1 is 1.28 bits per heavy atom. The summed E-state index contributed by atoms with van der Waals surface area (Å²) in [6.45, 7) is 0. The Morgan fingerprint density at radius 2 is 2.04 bits per heavy atom. The number of alkyl halides is 3. The first-order valence-electron chi connectivity index (χ1n) is 6.72. The van der Waals surface area contributed by atoms with E-state index in [1.807, 2.05) is 0 Å². The quantitative estimate of drug-likeness (QED) is 0.556. The van der Waals surface area contributed by atoms with E-state index in [9.17, 15) is 28.1 Å². The molecule has 2 heterocycles. The van der Waals surface area contributed by atoms with Gasteiger partial charge in [0.1, 0.15) is 5.56 Å². The predicted molar refractivity (Wildman–Crippen MR) is 79.9 cm³/mol. The normalized spacial score (nSPS) is 11.5. The summed E-state index contributed by atoms with van der Waals surface area (Å²) in [5.41, 5.74) is -2.01. The van der Waals surface area contributed by atoms with Crippen LogP contribution in [0.2, 0.25) is 0 Å². The number of nitrogens with zero attached hydrogens (tertiary/aromatic N) is 3. The molecule has 0 unspecified atom stereocenters. The molecule has 0 aliphatic carbocycles. The highest BCUT2D eigenvalue weighted by atomic mass is 19.4. The van der Waals surface area contributed by atoms with Gasteiger partial charge in [0.15, 0.2) is 5.65 Å². The molecular formula is C14H8F3N5O3. The number of aromatic amines is 1. The molecule has 128 valence electrons.